The van der Waals surface area contributed by atoms with Crippen LogP contribution < -0.4 is 9.46 Å². The normalized spacial score (nSPS) is 11.9. The second kappa shape index (κ2) is 8.75. The SMILES string of the molecule is CCN(CC)Cc1csc(CNS(=O)(=O)c2cc(C)ccc2OC)n1. The number of methoxy groups -OCH3 is 1. The van der Waals surface area contributed by atoms with Crippen LogP contribution >= 0.6 is 11.3 Å². The highest BCUT2D eigenvalue weighted by molar-refractivity contribution is 7.89. The number of hydrogen-bond donors (Lipinski definition) is 1. The summed E-state index contributed by atoms with van der Waals surface area (Å²) in [4.78, 5) is 6.93. The first kappa shape index (κ1) is 19.8. The molecule has 0 bridgehead atoms. The maximum Gasteiger partial charge on any atom is 0.244 e. The van der Waals surface area contributed by atoms with Crippen molar-refractivity contribution in [3.63, 3.8) is 0 Å². The molecule has 0 saturated carbocycles. The van der Waals surface area contributed by atoms with Crippen LogP contribution in [0.1, 0.15) is 30.1 Å². The van der Waals surface area contributed by atoms with Gasteiger partial charge in [-0.3, -0.25) is 4.90 Å². The minimum absolute atomic E-state index is 0.148. The number of sulfonamides is 1. The number of ether oxygens (including phenoxy) is 1. The summed E-state index contributed by atoms with van der Waals surface area (Å²) >= 11 is 1.47. The van der Waals surface area contributed by atoms with Crippen LogP contribution in [0.2, 0.25) is 0 Å². The van der Waals surface area contributed by atoms with Crippen LogP contribution in [0.4, 0.5) is 0 Å². The highest BCUT2D eigenvalue weighted by atomic mass is 32.2. The maximum atomic E-state index is 12.6. The fourth-order valence-corrected chi connectivity index (χ4v) is 4.46. The molecule has 0 spiro atoms. The summed E-state index contributed by atoms with van der Waals surface area (Å²) in [6, 6.07) is 5.09. The second-order valence-corrected chi connectivity index (χ2v) is 8.35. The summed E-state index contributed by atoms with van der Waals surface area (Å²) in [6.45, 7) is 8.94. The molecular formula is C17H25N3O3S2. The van der Waals surface area contributed by atoms with Crippen LogP contribution in [-0.2, 0) is 23.1 Å². The molecule has 1 heterocycles. The van der Waals surface area contributed by atoms with Gasteiger partial charge in [0, 0.05) is 11.9 Å². The van der Waals surface area contributed by atoms with Crippen molar-refractivity contribution in [3.8, 4) is 5.75 Å². The number of hydrogen-bond acceptors (Lipinski definition) is 6. The summed E-state index contributed by atoms with van der Waals surface area (Å²) in [5.74, 6) is 0.333. The molecule has 0 aliphatic rings. The Balaban J connectivity index is 2.08. The van der Waals surface area contributed by atoms with Gasteiger partial charge >= 0.3 is 0 Å². The number of aryl methyl sites for hydroxylation is 1. The molecule has 2 aromatic rings. The van der Waals surface area contributed by atoms with Gasteiger partial charge in [-0.05, 0) is 37.7 Å². The summed E-state index contributed by atoms with van der Waals surface area (Å²) < 4.78 is 33.0. The van der Waals surface area contributed by atoms with Gasteiger partial charge in [0.15, 0.2) is 0 Å². The van der Waals surface area contributed by atoms with Crippen molar-refractivity contribution in [1.82, 2.24) is 14.6 Å². The predicted molar refractivity (Wildman–Crippen MR) is 100 cm³/mol. The molecule has 0 saturated heterocycles. The highest BCUT2D eigenvalue weighted by Gasteiger charge is 2.20. The van der Waals surface area contributed by atoms with E-state index in [1.54, 1.807) is 12.1 Å². The fourth-order valence-electron chi connectivity index (χ4n) is 2.41. The molecule has 0 fully saturated rings. The monoisotopic (exact) mass is 383 g/mol. The van der Waals surface area contributed by atoms with E-state index in [1.807, 2.05) is 18.4 Å². The van der Waals surface area contributed by atoms with Gasteiger partial charge in [-0.15, -0.1) is 11.3 Å². The average molecular weight is 384 g/mol. The van der Waals surface area contributed by atoms with E-state index in [1.165, 1.54) is 18.4 Å². The van der Waals surface area contributed by atoms with Gasteiger partial charge in [0.1, 0.15) is 15.7 Å². The Morgan fingerprint density at radius 2 is 2.00 bits per heavy atom. The molecule has 1 aromatic carbocycles. The quantitative estimate of drug-likeness (QED) is 0.721. The Morgan fingerprint density at radius 3 is 2.64 bits per heavy atom. The third-order valence-corrected chi connectivity index (χ3v) is 6.22. The Morgan fingerprint density at radius 1 is 1.28 bits per heavy atom. The zero-order valence-electron chi connectivity index (χ0n) is 15.1. The number of thiazole rings is 1. The van der Waals surface area contributed by atoms with E-state index >= 15 is 0 Å². The van der Waals surface area contributed by atoms with Crippen LogP contribution in [-0.4, -0.2) is 38.5 Å². The third kappa shape index (κ3) is 5.24. The Bertz CT molecular complexity index is 799. The maximum absolute atomic E-state index is 12.6. The van der Waals surface area contributed by atoms with Crippen LogP contribution in [0.25, 0.3) is 0 Å². The molecule has 0 atom stereocenters. The van der Waals surface area contributed by atoms with E-state index in [0.29, 0.717) is 5.75 Å². The molecule has 0 aliphatic carbocycles. The van der Waals surface area contributed by atoms with E-state index in [4.69, 9.17) is 4.74 Å². The van der Waals surface area contributed by atoms with E-state index in [2.05, 4.69) is 28.5 Å². The molecule has 0 radical (unpaired) electrons. The van der Waals surface area contributed by atoms with Gasteiger partial charge in [0.25, 0.3) is 0 Å². The minimum Gasteiger partial charge on any atom is -0.495 e. The summed E-state index contributed by atoms with van der Waals surface area (Å²) in [6.07, 6.45) is 0. The molecule has 1 aromatic heterocycles. The first-order valence-corrected chi connectivity index (χ1v) is 10.6. The molecule has 8 heteroatoms. The number of aromatic nitrogens is 1. The molecule has 2 rings (SSSR count). The van der Waals surface area contributed by atoms with Crippen molar-refractivity contribution in [3.05, 3.63) is 39.8 Å². The van der Waals surface area contributed by atoms with Crippen LogP contribution in [0.15, 0.2) is 28.5 Å². The number of nitrogens with one attached hydrogen (secondary N) is 1. The Hall–Kier alpha value is -1.48. The van der Waals surface area contributed by atoms with Gasteiger partial charge in [0.05, 0.1) is 19.3 Å². The standard InChI is InChI=1S/C17H25N3O3S2/c1-5-20(6-2)11-14-12-24-17(19-14)10-18-25(21,22)16-9-13(3)7-8-15(16)23-4/h7-9,12,18H,5-6,10-11H2,1-4H3. The van der Waals surface area contributed by atoms with Crippen LogP contribution in [0.3, 0.4) is 0 Å². The lowest BCUT2D eigenvalue weighted by Crippen LogP contribution is -2.24. The van der Waals surface area contributed by atoms with Gasteiger partial charge < -0.3 is 4.74 Å². The topological polar surface area (TPSA) is 71.5 Å². The molecular weight excluding hydrogens is 358 g/mol. The lowest BCUT2D eigenvalue weighted by molar-refractivity contribution is 0.292. The Labute approximate surface area is 153 Å². The lowest BCUT2D eigenvalue weighted by atomic mass is 10.2. The van der Waals surface area contributed by atoms with Gasteiger partial charge in [-0.1, -0.05) is 19.9 Å². The zero-order valence-corrected chi connectivity index (χ0v) is 16.7. The average Bonchev–Trinajstić information content (AvgIpc) is 3.05. The smallest absolute Gasteiger partial charge is 0.244 e. The first-order chi connectivity index (χ1) is 11.9. The highest BCUT2D eigenvalue weighted by Crippen LogP contribution is 2.25. The molecule has 1 N–H and O–H groups in total. The van der Waals surface area contributed by atoms with E-state index < -0.39 is 10.0 Å². The zero-order chi connectivity index (χ0) is 18.4. The number of rotatable bonds is 9. The minimum atomic E-state index is -3.67. The second-order valence-electron chi connectivity index (χ2n) is 5.67. The third-order valence-electron chi connectivity index (χ3n) is 3.90. The van der Waals surface area contributed by atoms with Crippen molar-refractivity contribution < 1.29 is 13.2 Å². The predicted octanol–water partition coefficient (Wildman–Crippen LogP) is 2.78. The van der Waals surface area contributed by atoms with Gasteiger partial charge in [-0.25, -0.2) is 18.1 Å². The van der Waals surface area contributed by atoms with E-state index in [9.17, 15) is 8.42 Å². The molecule has 138 valence electrons. The van der Waals surface area contributed by atoms with Crippen LogP contribution in [0, 0.1) is 6.92 Å². The number of nitrogens with zero attached hydrogens (tertiary/aromatic N) is 2. The van der Waals surface area contributed by atoms with E-state index in [-0.39, 0.29) is 11.4 Å². The van der Waals surface area contributed by atoms with E-state index in [0.717, 1.165) is 35.9 Å². The lowest BCUT2D eigenvalue weighted by Gasteiger charge is -2.15. The molecule has 6 nitrogen and oxygen atoms in total. The van der Waals surface area contributed by atoms with Crippen molar-refractivity contribution in [2.75, 3.05) is 20.2 Å². The van der Waals surface area contributed by atoms with Gasteiger partial charge in [0.2, 0.25) is 10.0 Å². The van der Waals surface area contributed by atoms with Crippen molar-refractivity contribution in [2.24, 2.45) is 0 Å². The van der Waals surface area contributed by atoms with Crippen LogP contribution in [0.5, 0.6) is 5.75 Å². The largest absolute Gasteiger partial charge is 0.495 e. The molecule has 25 heavy (non-hydrogen) atoms. The first-order valence-electron chi connectivity index (χ1n) is 8.19. The summed E-state index contributed by atoms with van der Waals surface area (Å²) in [5, 5.41) is 2.73. The summed E-state index contributed by atoms with van der Waals surface area (Å²) in [7, 11) is -2.20. The van der Waals surface area contributed by atoms with Gasteiger partial charge in [-0.2, -0.15) is 0 Å². The van der Waals surface area contributed by atoms with Crippen molar-refractivity contribution >= 4 is 21.4 Å². The molecule has 0 amide bonds. The Kier molecular flexibility index (Phi) is 6.95. The van der Waals surface area contributed by atoms with Crippen molar-refractivity contribution in [2.45, 2.75) is 38.8 Å². The molecule has 0 unspecified atom stereocenters. The van der Waals surface area contributed by atoms with Crippen molar-refractivity contribution in [1.29, 1.82) is 0 Å². The number of benzene rings is 1. The summed E-state index contributed by atoms with van der Waals surface area (Å²) in [5.41, 5.74) is 1.83. The fraction of sp³-hybridized carbons (Fsp3) is 0.471. The molecule has 0 aliphatic heterocycles.